The highest BCUT2D eigenvalue weighted by atomic mass is 19.1. The molecule has 6 nitrogen and oxygen atoms in total. The zero-order valence-corrected chi connectivity index (χ0v) is 18.7. The van der Waals surface area contributed by atoms with Gasteiger partial charge in [0.25, 0.3) is 0 Å². The van der Waals surface area contributed by atoms with Crippen LogP contribution in [0.5, 0.6) is 0 Å². The number of benzene rings is 1. The van der Waals surface area contributed by atoms with Crippen molar-refractivity contribution in [2.24, 2.45) is 5.41 Å². The number of ether oxygens (including phenoxy) is 2. The number of carbonyl (C=O) groups excluding carboxylic acids is 3. The second kappa shape index (κ2) is 12.3. The van der Waals surface area contributed by atoms with E-state index in [2.05, 4.69) is 23.4 Å². The number of nitrogens with zero attached hydrogens (tertiary/aromatic N) is 1. The lowest BCUT2D eigenvalue weighted by atomic mass is 9.80. The first kappa shape index (κ1) is 25.5. The highest BCUT2D eigenvalue weighted by Crippen LogP contribution is 2.32. The topological polar surface area (TPSA) is 82.6 Å². The van der Waals surface area contributed by atoms with Crippen LogP contribution in [0.4, 0.5) is 4.39 Å². The molecule has 0 saturated heterocycles. The van der Waals surface area contributed by atoms with Gasteiger partial charge in [0.15, 0.2) is 11.7 Å². The first-order valence-corrected chi connectivity index (χ1v) is 10.6. The Morgan fingerprint density at radius 1 is 1.15 bits per heavy atom. The molecule has 172 valence electrons. The first-order chi connectivity index (χ1) is 15.9. The molecule has 0 N–H and O–H groups in total. The Hall–Kier alpha value is -3.79. The van der Waals surface area contributed by atoms with Crippen LogP contribution in [0.3, 0.4) is 0 Å². The van der Waals surface area contributed by atoms with Crippen LogP contribution in [0.25, 0.3) is 11.3 Å². The molecule has 0 atom stereocenters. The number of hydrogen-bond donors (Lipinski definition) is 0. The minimum absolute atomic E-state index is 0.0376. The van der Waals surface area contributed by atoms with E-state index in [4.69, 9.17) is 9.47 Å². The van der Waals surface area contributed by atoms with Gasteiger partial charge in [0.2, 0.25) is 0 Å². The molecule has 1 aromatic heterocycles. The van der Waals surface area contributed by atoms with Gasteiger partial charge in [0.05, 0.1) is 18.8 Å². The van der Waals surface area contributed by atoms with E-state index in [9.17, 15) is 18.8 Å². The Balaban J connectivity index is 2.51. The molecule has 0 bridgehead atoms. The van der Waals surface area contributed by atoms with Gasteiger partial charge in [-0.2, -0.15) is 0 Å². The molecule has 1 aromatic carbocycles. The summed E-state index contributed by atoms with van der Waals surface area (Å²) < 4.78 is 24.8. The largest absolute Gasteiger partial charge is 0.465 e. The molecule has 0 spiro atoms. The standard InChI is InChI=1S/C26H26FNO5/c1-4-7-15-26(24(30)32-5-2,25(31)33-6-3)16-11-14-22-20(18-29)17-21(27)23(28-22)19-12-9-8-10-13-19/h4,8-10,12-13,17-18H,1,5-7,15-16H2,2-3H3. The van der Waals surface area contributed by atoms with E-state index in [1.807, 2.05) is 0 Å². The van der Waals surface area contributed by atoms with Gasteiger partial charge in [0, 0.05) is 12.0 Å². The van der Waals surface area contributed by atoms with Gasteiger partial charge in [0.1, 0.15) is 17.2 Å². The fourth-order valence-electron chi connectivity index (χ4n) is 3.18. The Morgan fingerprint density at radius 3 is 2.33 bits per heavy atom. The van der Waals surface area contributed by atoms with E-state index in [1.54, 1.807) is 50.3 Å². The molecule has 0 amide bonds. The van der Waals surface area contributed by atoms with Gasteiger partial charge in [-0.25, -0.2) is 9.37 Å². The summed E-state index contributed by atoms with van der Waals surface area (Å²) in [6.07, 6.45) is 2.26. The molecule has 2 aromatic rings. The zero-order chi connectivity index (χ0) is 24.3. The summed E-state index contributed by atoms with van der Waals surface area (Å²) in [5, 5.41) is 0. The molecule has 0 aliphatic carbocycles. The molecule has 2 rings (SSSR count). The number of aldehydes is 1. The third kappa shape index (κ3) is 6.13. The van der Waals surface area contributed by atoms with Gasteiger partial charge in [-0.05, 0) is 38.7 Å². The van der Waals surface area contributed by atoms with Crippen LogP contribution in [0, 0.1) is 23.1 Å². The van der Waals surface area contributed by atoms with Crippen molar-refractivity contribution in [1.82, 2.24) is 4.98 Å². The van der Waals surface area contributed by atoms with E-state index in [1.165, 1.54) is 0 Å². The highest BCUT2D eigenvalue weighted by molar-refractivity contribution is 6.00. The maximum atomic E-state index is 14.5. The number of aromatic nitrogens is 1. The van der Waals surface area contributed by atoms with Crippen molar-refractivity contribution in [3.63, 3.8) is 0 Å². The van der Waals surface area contributed by atoms with Crippen molar-refractivity contribution >= 4 is 18.2 Å². The molecule has 7 heteroatoms. The number of halogens is 1. The van der Waals surface area contributed by atoms with Crippen LogP contribution in [0.2, 0.25) is 0 Å². The van der Waals surface area contributed by atoms with E-state index < -0.39 is 23.2 Å². The van der Waals surface area contributed by atoms with E-state index in [0.717, 1.165) is 6.07 Å². The van der Waals surface area contributed by atoms with Gasteiger partial charge in [-0.1, -0.05) is 42.3 Å². The van der Waals surface area contributed by atoms with Crippen molar-refractivity contribution in [2.45, 2.75) is 33.1 Å². The average Bonchev–Trinajstić information content (AvgIpc) is 2.82. The number of allylic oxidation sites excluding steroid dienone is 1. The van der Waals surface area contributed by atoms with Gasteiger partial charge >= 0.3 is 11.9 Å². The summed E-state index contributed by atoms with van der Waals surface area (Å²) in [7, 11) is 0. The monoisotopic (exact) mass is 451 g/mol. The second-order valence-corrected chi connectivity index (χ2v) is 7.07. The SMILES string of the molecule is C=CCCC(CC#Cc1nc(-c2ccccc2)c(F)cc1C=O)(C(=O)OCC)C(=O)OCC. The minimum Gasteiger partial charge on any atom is -0.465 e. The lowest BCUT2D eigenvalue weighted by Crippen LogP contribution is -2.42. The molecular weight excluding hydrogens is 425 g/mol. The van der Waals surface area contributed by atoms with Crippen molar-refractivity contribution in [3.8, 4) is 23.1 Å². The molecular formula is C26H26FNO5. The number of hydrogen-bond acceptors (Lipinski definition) is 6. The van der Waals surface area contributed by atoms with E-state index in [-0.39, 0.29) is 43.0 Å². The van der Waals surface area contributed by atoms with Crippen LogP contribution in [-0.4, -0.2) is 36.4 Å². The van der Waals surface area contributed by atoms with Crippen molar-refractivity contribution in [2.75, 3.05) is 13.2 Å². The summed E-state index contributed by atoms with van der Waals surface area (Å²) in [4.78, 5) is 41.3. The lowest BCUT2D eigenvalue weighted by Gasteiger charge is -2.27. The van der Waals surface area contributed by atoms with Crippen molar-refractivity contribution in [1.29, 1.82) is 0 Å². The first-order valence-electron chi connectivity index (χ1n) is 10.6. The van der Waals surface area contributed by atoms with Crippen molar-refractivity contribution < 1.29 is 28.2 Å². The molecule has 0 saturated carbocycles. The Kier molecular flexibility index (Phi) is 9.49. The summed E-state index contributed by atoms with van der Waals surface area (Å²) in [5.41, 5.74) is -1.09. The molecule has 0 radical (unpaired) electrons. The zero-order valence-electron chi connectivity index (χ0n) is 18.7. The normalized spacial score (nSPS) is 10.5. The summed E-state index contributed by atoms with van der Waals surface area (Å²) in [5.74, 6) is 3.35. The molecule has 1 heterocycles. The Morgan fingerprint density at radius 2 is 1.79 bits per heavy atom. The molecule has 33 heavy (non-hydrogen) atoms. The lowest BCUT2D eigenvalue weighted by molar-refractivity contribution is -0.172. The summed E-state index contributed by atoms with van der Waals surface area (Å²) in [6, 6.07) is 9.70. The average molecular weight is 451 g/mol. The van der Waals surface area contributed by atoms with Crippen LogP contribution >= 0.6 is 0 Å². The predicted molar refractivity (Wildman–Crippen MR) is 122 cm³/mol. The maximum Gasteiger partial charge on any atom is 0.324 e. The summed E-state index contributed by atoms with van der Waals surface area (Å²) >= 11 is 0. The van der Waals surface area contributed by atoms with E-state index >= 15 is 0 Å². The van der Waals surface area contributed by atoms with Crippen LogP contribution in [-0.2, 0) is 19.1 Å². The Labute approximate surface area is 192 Å². The molecule has 0 aliphatic rings. The minimum atomic E-state index is -1.66. The molecule has 0 unspecified atom stereocenters. The van der Waals surface area contributed by atoms with Crippen molar-refractivity contribution in [3.05, 3.63) is 66.1 Å². The third-order valence-electron chi connectivity index (χ3n) is 4.88. The van der Waals surface area contributed by atoms with E-state index in [0.29, 0.717) is 18.3 Å². The quantitative estimate of drug-likeness (QED) is 0.174. The maximum absolute atomic E-state index is 14.5. The number of carbonyl (C=O) groups is 3. The Bertz CT molecular complexity index is 1050. The molecule has 0 fully saturated rings. The smallest absolute Gasteiger partial charge is 0.324 e. The van der Waals surface area contributed by atoms with Gasteiger partial charge in [-0.15, -0.1) is 6.58 Å². The molecule has 0 aliphatic heterocycles. The predicted octanol–water partition coefficient (Wildman–Crippen LogP) is 4.52. The van der Waals surface area contributed by atoms with Crippen LogP contribution in [0.15, 0.2) is 49.1 Å². The number of rotatable bonds is 10. The number of pyridine rings is 1. The van der Waals surface area contributed by atoms with Gasteiger partial charge in [-0.3, -0.25) is 14.4 Å². The van der Waals surface area contributed by atoms with Crippen LogP contribution in [0.1, 0.15) is 49.2 Å². The van der Waals surface area contributed by atoms with Gasteiger partial charge < -0.3 is 9.47 Å². The third-order valence-corrected chi connectivity index (χ3v) is 4.88. The summed E-state index contributed by atoms with van der Waals surface area (Å²) in [6.45, 7) is 7.08. The highest BCUT2D eigenvalue weighted by Gasteiger charge is 2.47. The fraction of sp³-hybridized carbons (Fsp3) is 0.308. The fourth-order valence-corrected chi connectivity index (χ4v) is 3.18. The van der Waals surface area contributed by atoms with Crippen LogP contribution < -0.4 is 0 Å². The number of esters is 2. The second-order valence-electron chi connectivity index (χ2n) is 7.07.